The fourth-order valence-corrected chi connectivity index (χ4v) is 6.13. The summed E-state index contributed by atoms with van der Waals surface area (Å²) < 4.78 is 0. The Morgan fingerprint density at radius 1 is 0.957 bits per heavy atom. The molecule has 114 valence electrons. The highest BCUT2D eigenvalue weighted by molar-refractivity contribution is 6.93. The molecule has 1 unspecified atom stereocenters. The predicted molar refractivity (Wildman–Crippen MR) is 98.3 cm³/mol. The van der Waals surface area contributed by atoms with Crippen LogP contribution in [0.3, 0.4) is 0 Å². The summed E-state index contributed by atoms with van der Waals surface area (Å²) in [5, 5.41) is 3.80. The minimum Gasteiger partial charge on any atom is -0.293 e. The summed E-state index contributed by atoms with van der Waals surface area (Å²) in [6.07, 6.45) is 0. The van der Waals surface area contributed by atoms with Crippen LogP contribution in [0.25, 0.3) is 16.5 Å². The number of allylic oxidation sites excluding steroid dienone is 1. The number of hydrogen-bond donors (Lipinski definition) is 0. The van der Waals surface area contributed by atoms with Gasteiger partial charge in [0, 0.05) is 16.4 Å². The molecule has 0 amide bonds. The summed E-state index contributed by atoms with van der Waals surface area (Å²) in [5.41, 5.74) is 7.88. The minimum absolute atomic E-state index is 0.117. The van der Waals surface area contributed by atoms with Gasteiger partial charge in [-0.1, -0.05) is 67.3 Å². The van der Waals surface area contributed by atoms with Gasteiger partial charge in [-0.05, 0) is 23.3 Å². The van der Waals surface area contributed by atoms with E-state index in [4.69, 9.17) is 0 Å². The molecular formula is C21H20OSi. The first kappa shape index (κ1) is 14.4. The summed E-state index contributed by atoms with van der Waals surface area (Å²) >= 11 is 0. The zero-order valence-electron chi connectivity index (χ0n) is 14.0. The molecule has 2 aliphatic carbocycles. The van der Waals surface area contributed by atoms with Crippen molar-refractivity contribution in [2.75, 3.05) is 0 Å². The number of fused-ring (bicyclic) bond motifs is 4. The van der Waals surface area contributed by atoms with Gasteiger partial charge in [0.25, 0.3) is 0 Å². The van der Waals surface area contributed by atoms with Gasteiger partial charge in [-0.2, -0.15) is 0 Å². The highest BCUT2D eigenvalue weighted by Gasteiger charge is 2.42. The Hall–Kier alpha value is -2.15. The summed E-state index contributed by atoms with van der Waals surface area (Å²) in [5.74, 6) is 0.140. The Kier molecular flexibility index (Phi) is 2.93. The topological polar surface area (TPSA) is 17.1 Å². The van der Waals surface area contributed by atoms with Crippen molar-refractivity contribution in [3.63, 3.8) is 0 Å². The molecule has 1 nitrogen and oxygen atoms in total. The number of Topliss-reactive ketones (excluding diaryl/α,β-unsaturated/α-hetero) is 1. The maximum absolute atomic E-state index is 13.1. The van der Waals surface area contributed by atoms with Crippen LogP contribution in [0.15, 0.2) is 42.5 Å². The van der Waals surface area contributed by atoms with Crippen LogP contribution in [0.5, 0.6) is 0 Å². The molecule has 0 saturated heterocycles. The lowest BCUT2D eigenvalue weighted by Crippen LogP contribution is -2.43. The summed E-state index contributed by atoms with van der Waals surface area (Å²) in [6, 6.07) is 14.4. The van der Waals surface area contributed by atoms with Crippen molar-refractivity contribution in [2.24, 2.45) is 5.92 Å². The Morgan fingerprint density at radius 3 is 2.35 bits per heavy atom. The number of carbonyl (C=O) groups is 1. The quantitative estimate of drug-likeness (QED) is 0.738. The molecule has 1 atom stereocenters. The van der Waals surface area contributed by atoms with Crippen LogP contribution in [0.4, 0.5) is 0 Å². The molecule has 0 heterocycles. The normalized spacial score (nSPS) is 18.8. The first-order valence-corrected chi connectivity index (χ1v) is 11.6. The van der Waals surface area contributed by atoms with Gasteiger partial charge in [0.05, 0.1) is 14.0 Å². The highest BCUT2D eigenvalue weighted by atomic mass is 28.3. The molecular weight excluding hydrogens is 296 g/mol. The van der Waals surface area contributed by atoms with E-state index in [1.165, 1.54) is 21.2 Å². The molecule has 0 spiro atoms. The van der Waals surface area contributed by atoms with Crippen LogP contribution in [0.1, 0.15) is 21.5 Å². The second kappa shape index (κ2) is 4.67. The zero-order valence-corrected chi connectivity index (χ0v) is 15.0. The number of benzene rings is 2. The molecule has 0 radical (unpaired) electrons. The molecule has 0 fully saturated rings. The van der Waals surface area contributed by atoms with Crippen LogP contribution >= 0.6 is 0 Å². The standard InChI is InChI=1S/C21H20OSi/c1-13-8-7-11-16-17(13)12-18-14-9-5-6-10-15(14)20(22)19(18)21(16)23(2,3)4/h5-11,19H,1-4H3. The molecule has 4 rings (SSSR count). The maximum atomic E-state index is 13.1. The third-order valence-corrected chi connectivity index (χ3v) is 7.13. The number of ketones is 1. The Bertz CT molecular complexity index is 1010. The Balaban J connectivity index is 2.23. The van der Waals surface area contributed by atoms with Gasteiger partial charge in [-0.25, -0.2) is 0 Å². The van der Waals surface area contributed by atoms with E-state index in [1.807, 2.05) is 18.2 Å². The van der Waals surface area contributed by atoms with Crippen molar-refractivity contribution in [1.29, 1.82) is 0 Å². The molecule has 0 aliphatic heterocycles. The number of carbonyl (C=O) groups excluding carboxylic acids is 1. The molecule has 2 aromatic carbocycles. The van der Waals surface area contributed by atoms with E-state index < -0.39 is 8.07 Å². The summed E-state index contributed by atoms with van der Waals surface area (Å²) in [6.45, 7) is 9.16. The Morgan fingerprint density at radius 2 is 1.65 bits per heavy atom. The van der Waals surface area contributed by atoms with Crippen molar-refractivity contribution >= 4 is 30.4 Å². The lowest BCUT2D eigenvalue weighted by molar-refractivity contribution is 0.0980. The second-order valence-electron chi connectivity index (χ2n) is 7.54. The smallest absolute Gasteiger partial charge is 0.175 e. The number of aryl methyl sites for hydroxylation is 1. The fraction of sp³-hybridized carbons (Fsp3) is 0.238. The fourth-order valence-electron chi connectivity index (χ4n) is 3.98. The maximum Gasteiger partial charge on any atom is 0.175 e. The van der Waals surface area contributed by atoms with Crippen LogP contribution in [0, 0.1) is 12.8 Å². The molecule has 0 saturated carbocycles. The summed E-state index contributed by atoms with van der Waals surface area (Å²) in [4.78, 5) is 13.1. The zero-order chi connectivity index (χ0) is 16.4. The SMILES string of the molecule is Cc1cccc2c1=C=C1c3ccccc3C(=O)C1C=2[Si](C)(C)C. The number of hydrogen-bond acceptors (Lipinski definition) is 1. The Labute approximate surface area is 137 Å². The van der Waals surface area contributed by atoms with Gasteiger partial charge in [0.15, 0.2) is 5.78 Å². The van der Waals surface area contributed by atoms with E-state index in [2.05, 4.69) is 56.6 Å². The van der Waals surface area contributed by atoms with Crippen LogP contribution in [-0.2, 0) is 0 Å². The number of rotatable bonds is 1. The third kappa shape index (κ3) is 1.96. The third-order valence-electron chi connectivity index (χ3n) is 4.95. The van der Waals surface area contributed by atoms with Crippen molar-refractivity contribution in [1.82, 2.24) is 0 Å². The van der Waals surface area contributed by atoms with Crippen LogP contribution in [-0.4, -0.2) is 13.9 Å². The minimum atomic E-state index is -1.66. The molecule has 0 aromatic heterocycles. The van der Waals surface area contributed by atoms with Gasteiger partial charge in [0.1, 0.15) is 0 Å². The van der Waals surface area contributed by atoms with E-state index in [-0.39, 0.29) is 11.7 Å². The van der Waals surface area contributed by atoms with Gasteiger partial charge >= 0.3 is 0 Å². The average molecular weight is 316 g/mol. The molecule has 2 aromatic rings. The van der Waals surface area contributed by atoms with Crippen LogP contribution in [0.2, 0.25) is 19.6 Å². The van der Waals surface area contributed by atoms with E-state index in [0.29, 0.717) is 0 Å². The molecule has 23 heavy (non-hydrogen) atoms. The first-order chi connectivity index (χ1) is 10.9. The van der Waals surface area contributed by atoms with Gasteiger partial charge in [0.2, 0.25) is 0 Å². The lowest BCUT2D eigenvalue weighted by atomic mass is 9.92. The van der Waals surface area contributed by atoms with Crippen molar-refractivity contribution < 1.29 is 4.79 Å². The van der Waals surface area contributed by atoms with Gasteiger partial charge in [-0.3, -0.25) is 4.79 Å². The van der Waals surface area contributed by atoms with E-state index in [0.717, 1.165) is 16.7 Å². The van der Waals surface area contributed by atoms with Crippen LogP contribution < -0.4 is 10.4 Å². The second-order valence-corrected chi connectivity index (χ2v) is 12.6. The van der Waals surface area contributed by atoms with E-state index >= 15 is 0 Å². The van der Waals surface area contributed by atoms with Crippen molar-refractivity contribution in [3.05, 3.63) is 69.6 Å². The molecule has 0 N–H and O–H groups in total. The lowest BCUT2D eigenvalue weighted by Gasteiger charge is -2.28. The monoisotopic (exact) mass is 316 g/mol. The van der Waals surface area contributed by atoms with Crippen molar-refractivity contribution in [3.8, 4) is 0 Å². The predicted octanol–water partition coefficient (Wildman–Crippen LogP) is 3.31. The van der Waals surface area contributed by atoms with E-state index in [1.54, 1.807) is 0 Å². The first-order valence-electron chi connectivity index (χ1n) is 8.14. The van der Waals surface area contributed by atoms with Crippen molar-refractivity contribution in [2.45, 2.75) is 26.6 Å². The highest BCUT2D eigenvalue weighted by Crippen LogP contribution is 2.43. The van der Waals surface area contributed by atoms with Gasteiger partial charge in [-0.15, -0.1) is 5.73 Å². The molecule has 2 aliphatic rings. The van der Waals surface area contributed by atoms with Gasteiger partial charge < -0.3 is 0 Å². The summed E-state index contributed by atoms with van der Waals surface area (Å²) in [7, 11) is -1.66. The molecule has 0 bridgehead atoms. The largest absolute Gasteiger partial charge is 0.293 e. The average Bonchev–Trinajstić information content (AvgIpc) is 2.78. The molecule has 2 heteroatoms. The van der Waals surface area contributed by atoms with E-state index in [9.17, 15) is 4.79 Å².